The summed E-state index contributed by atoms with van der Waals surface area (Å²) in [6.45, 7) is 6.80. The van der Waals surface area contributed by atoms with Crippen LogP contribution in [-0.4, -0.2) is 74.2 Å². The third-order valence-corrected chi connectivity index (χ3v) is 6.55. The molecule has 234 valence electrons. The fourth-order valence-corrected chi connectivity index (χ4v) is 4.41. The van der Waals surface area contributed by atoms with E-state index in [-0.39, 0.29) is 29.5 Å². The maximum absolute atomic E-state index is 13.4. The molecule has 12 nitrogen and oxygen atoms in total. The van der Waals surface area contributed by atoms with E-state index in [1.54, 1.807) is 6.92 Å². The number of amides is 1. The van der Waals surface area contributed by atoms with E-state index in [1.165, 1.54) is 19.4 Å². The van der Waals surface area contributed by atoms with Crippen molar-refractivity contribution in [2.75, 3.05) is 27.1 Å². The molecule has 2 aromatic rings. The molecule has 1 fully saturated rings. The van der Waals surface area contributed by atoms with Crippen molar-refractivity contribution < 1.29 is 47.6 Å². The molecule has 0 radical (unpaired) electrons. The SMILES string of the molecule is CCCC(=O)OCOc1c(OC)ccnc1C(=O)N[C@H]1COC(=O)[C@H](Cc2ccccc2)[C@@H](OCC(C)C)[C@H](C)OC1=O. The lowest BCUT2D eigenvalue weighted by atomic mass is 9.91. The van der Waals surface area contributed by atoms with Gasteiger partial charge in [0.25, 0.3) is 5.91 Å². The number of nitrogens with zero attached hydrogens (tertiary/aromatic N) is 1. The van der Waals surface area contributed by atoms with Gasteiger partial charge in [-0.15, -0.1) is 0 Å². The normalized spacial score (nSPS) is 20.6. The van der Waals surface area contributed by atoms with Crippen molar-refractivity contribution in [3.8, 4) is 11.5 Å². The number of rotatable bonds is 13. The summed E-state index contributed by atoms with van der Waals surface area (Å²) in [5.41, 5.74) is 0.653. The van der Waals surface area contributed by atoms with Crippen molar-refractivity contribution in [1.29, 1.82) is 0 Å². The van der Waals surface area contributed by atoms with E-state index < -0.39 is 61.4 Å². The van der Waals surface area contributed by atoms with Gasteiger partial charge < -0.3 is 33.7 Å². The molecule has 1 aliphatic rings. The molecular weight excluding hydrogens is 560 g/mol. The summed E-state index contributed by atoms with van der Waals surface area (Å²) in [5.74, 6) is -3.25. The Balaban J connectivity index is 1.81. The Morgan fingerprint density at radius 2 is 1.86 bits per heavy atom. The second-order valence-corrected chi connectivity index (χ2v) is 10.5. The van der Waals surface area contributed by atoms with Gasteiger partial charge in [0.1, 0.15) is 18.8 Å². The summed E-state index contributed by atoms with van der Waals surface area (Å²) in [6, 6.07) is 9.51. The van der Waals surface area contributed by atoms with Crippen molar-refractivity contribution in [3.63, 3.8) is 0 Å². The van der Waals surface area contributed by atoms with Crippen molar-refractivity contribution >= 4 is 23.8 Å². The lowest BCUT2D eigenvalue weighted by Gasteiger charge is -2.30. The molecule has 1 aliphatic heterocycles. The van der Waals surface area contributed by atoms with Gasteiger partial charge in [0, 0.05) is 25.3 Å². The van der Waals surface area contributed by atoms with E-state index in [1.807, 2.05) is 51.1 Å². The predicted molar refractivity (Wildman–Crippen MR) is 153 cm³/mol. The average molecular weight is 601 g/mol. The van der Waals surface area contributed by atoms with Gasteiger partial charge in [-0.05, 0) is 31.2 Å². The first-order valence-electron chi connectivity index (χ1n) is 14.3. The standard InChI is InChI=1S/C31H40N2O10/c1-6-10-25(34)41-18-42-28-24(38-5)13-14-32-26(28)29(35)33-23-17-40-30(36)22(15-21-11-8-7-9-12-21)27(39-16-19(2)3)20(4)43-31(23)37/h7-9,11-14,19-20,22-23,27H,6,10,15-18H2,1-5H3,(H,33,35)/t20-,22+,23-,27-/m0/s1. The molecule has 3 rings (SSSR count). The molecule has 1 aromatic heterocycles. The molecule has 1 amide bonds. The molecule has 1 N–H and O–H groups in total. The van der Waals surface area contributed by atoms with Gasteiger partial charge in [-0.2, -0.15) is 0 Å². The summed E-state index contributed by atoms with van der Waals surface area (Å²) in [4.78, 5) is 55.8. The highest BCUT2D eigenvalue weighted by molar-refractivity contribution is 5.98. The van der Waals surface area contributed by atoms with Crippen LogP contribution in [0.4, 0.5) is 0 Å². The Hall–Kier alpha value is -4.19. The Bertz CT molecular complexity index is 1240. The highest BCUT2D eigenvalue weighted by atomic mass is 16.7. The monoisotopic (exact) mass is 600 g/mol. The number of carbonyl (C=O) groups is 4. The number of carbonyl (C=O) groups excluding carboxylic acids is 4. The number of cyclic esters (lactones) is 2. The number of hydrogen-bond acceptors (Lipinski definition) is 11. The molecule has 0 saturated carbocycles. The van der Waals surface area contributed by atoms with Crippen LogP contribution in [0.3, 0.4) is 0 Å². The van der Waals surface area contributed by atoms with Crippen molar-refractivity contribution in [3.05, 3.63) is 53.9 Å². The smallest absolute Gasteiger partial charge is 0.332 e. The van der Waals surface area contributed by atoms with Crippen LogP contribution >= 0.6 is 0 Å². The number of nitrogens with one attached hydrogen (secondary N) is 1. The van der Waals surface area contributed by atoms with E-state index in [0.717, 1.165) is 5.56 Å². The maximum atomic E-state index is 13.4. The number of methoxy groups -OCH3 is 1. The number of hydrogen-bond donors (Lipinski definition) is 1. The van der Waals surface area contributed by atoms with E-state index in [0.29, 0.717) is 19.4 Å². The fourth-order valence-electron chi connectivity index (χ4n) is 4.41. The number of aromatic nitrogens is 1. The molecule has 1 saturated heterocycles. The Morgan fingerprint density at radius 3 is 2.53 bits per heavy atom. The van der Waals surface area contributed by atoms with Gasteiger partial charge in [0.15, 0.2) is 23.2 Å². The third-order valence-electron chi connectivity index (χ3n) is 6.55. The number of esters is 3. The van der Waals surface area contributed by atoms with Gasteiger partial charge in [0.05, 0.1) is 13.0 Å². The second kappa shape index (κ2) is 16.4. The van der Waals surface area contributed by atoms with Crippen LogP contribution in [0, 0.1) is 11.8 Å². The summed E-state index contributed by atoms with van der Waals surface area (Å²) in [7, 11) is 1.37. The first-order valence-corrected chi connectivity index (χ1v) is 14.3. The average Bonchev–Trinajstić information content (AvgIpc) is 3.01. The lowest BCUT2D eigenvalue weighted by molar-refractivity contribution is -0.165. The zero-order chi connectivity index (χ0) is 31.4. The van der Waals surface area contributed by atoms with Gasteiger partial charge in [-0.1, -0.05) is 51.1 Å². The summed E-state index contributed by atoms with van der Waals surface area (Å²) in [6.07, 6.45) is 0.801. The molecule has 0 bridgehead atoms. The molecule has 12 heteroatoms. The molecule has 0 spiro atoms. The fraction of sp³-hybridized carbons (Fsp3) is 0.516. The number of benzene rings is 1. The van der Waals surface area contributed by atoms with Crippen LogP contribution in [0.5, 0.6) is 11.5 Å². The van der Waals surface area contributed by atoms with Crippen molar-refractivity contribution in [2.24, 2.45) is 11.8 Å². The first-order chi connectivity index (χ1) is 20.6. The quantitative estimate of drug-likeness (QED) is 0.205. The minimum absolute atomic E-state index is 0.0985. The minimum atomic E-state index is -1.36. The summed E-state index contributed by atoms with van der Waals surface area (Å²) >= 11 is 0. The third kappa shape index (κ3) is 9.67. The van der Waals surface area contributed by atoms with Crippen LogP contribution in [0.25, 0.3) is 0 Å². The van der Waals surface area contributed by atoms with Crippen molar-refractivity contribution in [2.45, 2.75) is 65.2 Å². The van der Waals surface area contributed by atoms with Gasteiger partial charge in [0.2, 0.25) is 6.79 Å². The van der Waals surface area contributed by atoms with Crippen LogP contribution in [0.15, 0.2) is 42.6 Å². The summed E-state index contributed by atoms with van der Waals surface area (Å²) < 4.78 is 33.3. The Kier molecular flexibility index (Phi) is 12.7. The lowest BCUT2D eigenvalue weighted by Crippen LogP contribution is -2.46. The molecular formula is C31H40N2O10. The topological polar surface area (TPSA) is 149 Å². The number of pyridine rings is 1. The minimum Gasteiger partial charge on any atom is -0.493 e. The van der Waals surface area contributed by atoms with E-state index in [9.17, 15) is 19.2 Å². The predicted octanol–water partition coefficient (Wildman–Crippen LogP) is 3.26. The van der Waals surface area contributed by atoms with Gasteiger partial charge in [-0.25, -0.2) is 9.78 Å². The Morgan fingerprint density at radius 1 is 1.12 bits per heavy atom. The van der Waals surface area contributed by atoms with Crippen molar-refractivity contribution in [1.82, 2.24) is 10.3 Å². The maximum Gasteiger partial charge on any atom is 0.332 e. The molecule has 0 aliphatic carbocycles. The van der Waals surface area contributed by atoms with E-state index in [4.69, 9.17) is 28.4 Å². The highest BCUT2D eigenvalue weighted by Gasteiger charge is 2.40. The van der Waals surface area contributed by atoms with Crippen LogP contribution in [0.2, 0.25) is 0 Å². The molecule has 1 aromatic carbocycles. The van der Waals surface area contributed by atoms with Gasteiger partial charge in [-0.3, -0.25) is 14.4 Å². The molecule has 2 heterocycles. The van der Waals surface area contributed by atoms with Crippen LogP contribution in [-0.2, 0) is 39.8 Å². The second-order valence-electron chi connectivity index (χ2n) is 10.5. The van der Waals surface area contributed by atoms with Crippen LogP contribution < -0.4 is 14.8 Å². The van der Waals surface area contributed by atoms with E-state index >= 15 is 0 Å². The largest absolute Gasteiger partial charge is 0.493 e. The summed E-state index contributed by atoms with van der Waals surface area (Å²) in [5, 5.41) is 2.53. The van der Waals surface area contributed by atoms with Crippen LogP contribution in [0.1, 0.15) is 56.6 Å². The Labute approximate surface area is 251 Å². The zero-order valence-electron chi connectivity index (χ0n) is 25.2. The zero-order valence-corrected chi connectivity index (χ0v) is 25.2. The molecule has 4 atom stereocenters. The molecule has 43 heavy (non-hydrogen) atoms. The highest BCUT2D eigenvalue weighted by Crippen LogP contribution is 2.30. The first kappa shape index (κ1) is 33.3. The van der Waals surface area contributed by atoms with Gasteiger partial charge >= 0.3 is 17.9 Å². The number of ether oxygens (including phenoxy) is 6. The molecule has 0 unspecified atom stereocenters. The van der Waals surface area contributed by atoms with E-state index in [2.05, 4.69) is 10.3 Å².